The van der Waals surface area contributed by atoms with E-state index in [2.05, 4.69) is 55.7 Å². The second-order valence-electron chi connectivity index (χ2n) is 6.57. The minimum Gasteiger partial charge on any atom is -0.349 e. The molecule has 1 fully saturated rings. The zero-order valence-corrected chi connectivity index (χ0v) is 14.7. The highest BCUT2D eigenvalue weighted by molar-refractivity contribution is 5.85. The van der Waals surface area contributed by atoms with Gasteiger partial charge >= 0.3 is 0 Å². The van der Waals surface area contributed by atoms with Crippen LogP contribution in [0.2, 0.25) is 0 Å². The van der Waals surface area contributed by atoms with E-state index in [9.17, 15) is 4.79 Å². The molecule has 1 atom stereocenters. The van der Waals surface area contributed by atoms with E-state index < -0.39 is 0 Å². The number of amides is 1. The van der Waals surface area contributed by atoms with Gasteiger partial charge < -0.3 is 10.6 Å². The van der Waals surface area contributed by atoms with E-state index >= 15 is 0 Å². The van der Waals surface area contributed by atoms with Gasteiger partial charge in [0.2, 0.25) is 5.91 Å². The quantitative estimate of drug-likeness (QED) is 0.868. The summed E-state index contributed by atoms with van der Waals surface area (Å²) in [7, 11) is 0. The van der Waals surface area contributed by atoms with Gasteiger partial charge in [-0.1, -0.05) is 38.1 Å². The Balaban J connectivity index is 0.00000242. The van der Waals surface area contributed by atoms with Crippen molar-refractivity contribution in [2.45, 2.75) is 46.1 Å². The Morgan fingerprint density at radius 2 is 1.91 bits per heavy atom. The molecule has 0 aromatic heterocycles. The number of piperidine rings is 1. The Morgan fingerprint density at radius 3 is 2.50 bits per heavy atom. The van der Waals surface area contributed by atoms with Crippen LogP contribution in [0.4, 0.5) is 0 Å². The van der Waals surface area contributed by atoms with E-state index in [0.717, 1.165) is 32.4 Å². The molecule has 2 rings (SSSR count). The summed E-state index contributed by atoms with van der Waals surface area (Å²) in [6, 6.07) is 8.52. The average Bonchev–Trinajstić information content (AvgIpc) is 2.47. The van der Waals surface area contributed by atoms with Gasteiger partial charge in [0.05, 0.1) is 6.04 Å². The van der Waals surface area contributed by atoms with Crippen molar-refractivity contribution in [3.05, 3.63) is 35.4 Å². The second kappa shape index (κ2) is 9.16. The first-order valence-corrected chi connectivity index (χ1v) is 8.14. The van der Waals surface area contributed by atoms with Crippen molar-refractivity contribution in [3.8, 4) is 0 Å². The molecule has 0 spiro atoms. The zero-order valence-electron chi connectivity index (χ0n) is 13.9. The van der Waals surface area contributed by atoms with Crippen molar-refractivity contribution in [1.82, 2.24) is 10.6 Å². The van der Waals surface area contributed by atoms with E-state index in [0.29, 0.717) is 5.92 Å². The fourth-order valence-electron chi connectivity index (χ4n) is 3.09. The molecule has 1 aliphatic heterocycles. The molecule has 0 aliphatic carbocycles. The standard InChI is InChI=1S/C18H28N2O.ClH/c1-13(2)12-17(16-7-5-4-6-14(16)3)20-18(21)15-8-10-19-11-9-15;/h4-7,13,15,17,19H,8-12H2,1-3H3,(H,20,21);1H. The Hall–Kier alpha value is -1.06. The highest BCUT2D eigenvalue weighted by Crippen LogP contribution is 2.25. The summed E-state index contributed by atoms with van der Waals surface area (Å²) in [5.74, 6) is 0.957. The van der Waals surface area contributed by atoms with Gasteiger partial charge in [0.1, 0.15) is 0 Å². The Labute approximate surface area is 140 Å². The SMILES string of the molecule is Cc1ccccc1C(CC(C)C)NC(=O)C1CCNCC1.Cl. The van der Waals surface area contributed by atoms with Crippen molar-refractivity contribution in [2.24, 2.45) is 11.8 Å². The summed E-state index contributed by atoms with van der Waals surface area (Å²) in [4.78, 5) is 12.5. The lowest BCUT2D eigenvalue weighted by atomic mass is 9.92. The highest BCUT2D eigenvalue weighted by atomic mass is 35.5. The van der Waals surface area contributed by atoms with E-state index in [4.69, 9.17) is 0 Å². The number of carbonyl (C=O) groups is 1. The number of rotatable bonds is 5. The van der Waals surface area contributed by atoms with Crippen LogP contribution in [0.3, 0.4) is 0 Å². The summed E-state index contributed by atoms with van der Waals surface area (Å²) in [6.07, 6.45) is 2.89. The molecule has 1 unspecified atom stereocenters. The monoisotopic (exact) mass is 324 g/mol. The van der Waals surface area contributed by atoms with Crippen molar-refractivity contribution in [2.75, 3.05) is 13.1 Å². The molecule has 4 heteroatoms. The first-order valence-electron chi connectivity index (χ1n) is 8.14. The molecular formula is C18H29ClN2O. The van der Waals surface area contributed by atoms with Gasteiger partial charge in [-0.3, -0.25) is 4.79 Å². The number of hydrogen-bond donors (Lipinski definition) is 2. The fraction of sp³-hybridized carbons (Fsp3) is 0.611. The van der Waals surface area contributed by atoms with Gasteiger partial charge in [-0.2, -0.15) is 0 Å². The van der Waals surface area contributed by atoms with Gasteiger partial charge in [0.15, 0.2) is 0 Å². The van der Waals surface area contributed by atoms with Gasteiger partial charge in [0, 0.05) is 5.92 Å². The van der Waals surface area contributed by atoms with Crippen LogP contribution in [0.25, 0.3) is 0 Å². The smallest absolute Gasteiger partial charge is 0.223 e. The molecule has 22 heavy (non-hydrogen) atoms. The normalized spacial score (nSPS) is 16.9. The number of benzene rings is 1. The maximum Gasteiger partial charge on any atom is 0.223 e. The number of halogens is 1. The summed E-state index contributed by atoms with van der Waals surface area (Å²) >= 11 is 0. The number of carbonyl (C=O) groups excluding carboxylic acids is 1. The van der Waals surface area contributed by atoms with Crippen LogP contribution in [0.5, 0.6) is 0 Å². The lowest BCUT2D eigenvalue weighted by Crippen LogP contribution is -2.40. The molecule has 0 saturated carbocycles. The molecule has 1 amide bonds. The van der Waals surface area contributed by atoms with Crippen LogP contribution in [0.15, 0.2) is 24.3 Å². The number of hydrogen-bond acceptors (Lipinski definition) is 2. The Bertz CT molecular complexity index is 470. The minimum absolute atomic E-state index is 0. The fourth-order valence-corrected chi connectivity index (χ4v) is 3.09. The average molecular weight is 325 g/mol. The van der Waals surface area contributed by atoms with Gasteiger partial charge in [-0.25, -0.2) is 0 Å². The van der Waals surface area contributed by atoms with E-state index in [1.165, 1.54) is 11.1 Å². The van der Waals surface area contributed by atoms with Crippen LogP contribution >= 0.6 is 12.4 Å². The van der Waals surface area contributed by atoms with Crippen LogP contribution in [0.1, 0.15) is 50.3 Å². The topological polar surface area (TPSA) is 41.1 Å². The summed E-state index contributed by atoms with van der Waals surface area (Å²) in [5, 5.41) is 6.62. The highest BCUT2D eigenvalue weighted by Gasteiger charge is 2.24. The van der Waals surface area contributed by atoms with Crippen LogP contribution in [0, 0.1) is 18.8 Å². The Morgan fingerprint density at radius 1 is 1.27 bits per heavy atom. The minimum atomic E-state index is 0. The van der Waals surface area contributed by atoms with Crippen LogP contribution < -0.4 is 10.6 Å². The second-order valence-corrected chi connectivity index (χ2v) is 6.57. The first-order chi connectivity index (χ1) is 10.1. The van der Waals surface area contributed by atoms with Crippen molar-refractivity contribution in [3.63, 3.8) is 0 Å². The van der Waals surface area contributed by atoms with Crippen LogP contribution in [-0.4, -0.2) is 19.0 Å². The third-order valence-electron chi connectivity index (χ3n) is 4.30. The predicted octanol–water partition coefficient (Wildman–Crippen LogP) is 3.62. The molecular weight excluding hydrogens is 296 g/mol. The molecule has 124 valence electrons. The third kappa shape index (κ3) is 5.29. The largest absolute Gasteiger partial charge is 0.349 e. The molecule has 0 radical (unpaired) electrons. The van der Waals surface area contributed by atoms with E-state index in [-0.39, 0.29) is 30.3 Å². The third-order valence-corrected chi connectivity index (χ3v) is 4.30. The first kappa shape index (κ1) is 19.0. The van der Waals surface area contributed by atoms with Crippen LogP contribution in [-0.2, 0) is 4.79 Å². The van der Waals surface area contributed by atoms with Gasteiger partial charge in [-0.05, 0) is 56.3 Å². The number of nitrogens with one attached hydrogen (secondary N) is 2. The molecule has 1 aliphatic rings. The van der Waals surface area contributed by atoms with Gasteiger partial charge in [-0.15, -0.1) is 12.4 Å². The van der Waals surface area contributed by atoms with E-state index in [1.807, 2.05) is 0 Å². The summed E-state index contributed by atoms with van der Waals surface area (Å²) in [5.41, 5.74) is 2.52. The molecule has 1 aromatic carbocycles. The molecule has 2 N–H and O–H groups in total. The van der Waals surface area contributed by atoms with E-state index in [1.54, 1.807) is 0 Å². The van der Waals surface area contributed by atoms with Crippen molar-refractivity contribution >= 4 is 18.3 Å². The van der Waals surface area contributed by atoms with Gasteiger partial charge in [0.25, 0.3) is 0 Å². The lowest BCUT2D eigenvalue weighted by molar-refractivity contribution is -0.126. The summed E-state index contributed by atoms with van der Waals surface area (Å²) in [6.45, 7) is 8.46. The van der Waals surface area contributed by atoms with Crippen molar-refractivity contribution < 1.29 is 4.79 Å². The maximum atomic E-state index is 12.5. The molecule has 1 aromatic rings. The number of aryl methyl sites for hydroxylation is 1. The molecule has 0 bridgehead atoms. The zero-order chi connectivity index (χ0) is 15.2. The molecule has 3 nitrogen and oxygen atoms in total. The van der Waals surface area contributed by atoms with Crippen molar-refractivity contribution in [1.29, 1.82) is 0 Å². The lowest BCUT2D eigenvalue weighted by Gasteiger charge is -2.27. The Kier molecular flexibility index (Phi) is 7.91. The summed E-state index contributed by atoms with van der Waals surface area (Å²) < 4.78 is 0. The molecule has 1 heterocycles. The maximum absolute atomic E-state index is 12.5. The molecule has 1 saturated heterocycles. The predicted molar refractivity (Wildman–Crippen MR) is 94.4 cm³/mol.